The Hall–Kier alpha value is -1.20. The van der Waals surface area contributed by atoms with Gasteiger partial charge in [-0.1, -0.05) is 0 Å². The lowest BCUT2D eigenvalue weighted by Crippen LogP contribution is -1.89. The van der Waals surface area contributed by atoms with Gasteiger partial charge in [0.2, 0.25) is 0 Å². The Bertz CT molecular complexity index is 419. The van der Waals surface area contributed by atoms with Gasteiger partial charge in [0.15, 0.2) is 0 Å². The topological polar surface area (TPSA) is 50.2 Å². The number of rotatable bonds is 2. The fourth-order valence-corrected chi connectivity index (χ4v) is 2.36. The van der Waals surface area contributed by atoms with Gasteiger partial charge in [-0.25, -0.2) is 9.78 Å². The third-order valence-corrected chi connectivity index (χ3v) is 3.20. The molecule has 0 amide bonds. The first-order valence-electron chi connectivity index (χ1n) is 3.49. The molecule has 0 saturated carbocycles. The molecule has 1 N–H and O–H groups in total. The number of thiophene rings is 1. The van der Waals surface area contributed by atoms with Crippen LogP contribution in [0.2, 0.25) is 0 Å². The van der Waals surface area contributed by atoms with Crippen molar-refractivity contribution in [1.29, 1.82) is 0 Å². The average molecular weight is 211 g/mol. The zero-order valence-corrected chi connectivity index (χ0v) is 8.06. The highest BCUT2D eigenvalue weighted by Gasteiger charge is 2.09. The van der Waals surface area contributed by atoms with Crippen LogP contribution in [-0.4, -0.2) is 16.1 Å². The van der Waals surface area contributed by atoms with Crippen molar-refractivity contribution >= 4 is 28.6 Å². The van der Waals surface area contributed by atoms with Gasteiger partial charge < -0.3 is 5.11 Å². The molecule has 0 unspecified atom stereocenters. The number of hydrogen-bond acceptors (Lipinski definition) is 4. The van der Waals surface area contributed by atoms with Gasteiger partial charge in [0.25, 0.3) is 0 Å². The maximum Gasteiger partial charge on any atom is 0.347 e. The number of aromatic carboxylic acids is 1. The molecule has 2 aromatic rings. The van der Waals surface area contributed by atoms with Gasteiger partial charge in [-0.2, -0.15) is 11.3 Å². The third kappa shape index (κ3) is 1.61. The van der Waals surface area contributed by atoms with Crippen LogP contribution in [0.25, 0.3) is 10.6 Å². The minimum atomic E-state index is -0.918. The van der Waals surface area contributed by atoms with E-state index in [1.54, 1.807) is 11.3 Å². The van der Waals surface area contributed by atoms with Crippen molar-refractivity contribution < 1.29 is 9.90 Å². The molecule has 66 valence electrons. The molecule has 0 aliphatic heterocycles. The van der Waals surface area contributed by atoms with E-state index < -0.39 is 5.97 Å². The lowest BCUT2D eigenvalue weighted by molar-refractivity contribution is 0.0702. The van der Waals surface area contributed by atoms with Crippen LogP contribution >= 0.6 is 22.7 Å². The SMILES string of the molecule is O=C(O)c1cnc(-c2ccsc2)s1. The minimum Gasteiger partial charge on any atom is -0.477 e. The number of carbonyl (C=O) groups is 1. The number of thiazole rings is 1. The van der Waals surface area contributed by atoms with Gasteiger partial charge in [0.1, 0.15) is 9.88 Å². The molecule has 13 heavy (non-hydrogen) atoms. The van der Waals surface area contributed by atoms with Crippen molar-refractivity contribution in [3.63, 3.8) is 0 Å². The zero-order chi connectivity index (χ0) is 9.26. The third-order valence-electron chi connectivity index (χ3n) is 1.48. The molecular formula is C8H5NO2S2. The summed E-state index contributed by atoms with van der Waals surface area (Å²) in [7, 11) is 0. The summed E-state index contributed by atoms with van der Waals surface area (Å²) >= 11 is 2.77. The molecule has 5 heteroatoms. The lowest BCUT2D eigenvalue weighted by atomic mass is 10.4. The molecule has 0 spiro atoms. The van der Waals surface area contributed by atoms with Crippen molar-refractivity contribution in [1.82, 2.24) is 4.98 Å². The Morgan fingerprint density at radius 1 is 1.54 bits per heavy atom. The van der Waals surface area contributed by atoms with Crippen molar-refractivity contribution in [2.24, 2.45) is 0 Å². The second-order valence-electron chi connectivity index (χ2n) is 2.35. The van der Waals surface area contributed by atoms with Crippen molar-refractivity contribution in [2.75, 3.05) is 0 Å². The molecule has 0 aromatic carbocycles. The standard InChI is InChI=1S/C8H5NO2S2/c10-8(11)6-3-9-7(13-6)5-1-2-12-4-5/h1-4H,(H,10,11). The predicted molar refractivity (Wildman–Crippen MR) is 52.4 cm³/mol. The predicted octanol–water partition coefficient (Wildman–Crippen LogP) is 2.57. The highest BCUT2D eigenvalue weighted by Crippen LogP contribution is 2.26. The summed E-state index contributed by atoms with van der Waals surface area (Å²) in [5.41, 5.74) is 0.988. The van der Waals surface area contributed by atoms with Gasteiger partial charge in [0, 0.05) is 10.9 Å². The molecule has 0 radical (unpaired) electrons. The van der Waals surface area contributed by atoms with Gasteiger partial charge >= 0.3 is 5.97 Å². The summed E-state index contributed by atoms with van der Waals surface area (Å²) in [5.74, 6) is -0.918. The van der Waals surface area contributed by atoms with Crippen LogP contribution in [0.5, 0.6) is 0 Å². The van der Waals surface area contributed by atoms with Crippen LogP contribution in [0, 0.1) is 0 Å². The van der Waals surface area contributed by atoms with Crippen molar-refractivity contribution in [2.45, 2.75) is 0 Å². The number of hydrogen-bond donors (Lipinski definition) is 1. The molecule has 2 rings (SSSR count). The highest BCUT2D eigenvalue weighted by molar-refractivity contribution is 7.17. The maximum atomic E-state index is 10.6. The average Bonchev–Trinajstić information content (AvgIpc) is 2.75. The van der Waals surface area contributed by atoms with Crippen molar-refractivity contribution in [3.05, 3.63) is 27.9 Å². The summed E-state index contributed by atoms with van der Waals surface area (Å²) in [6.45, 7) is 0. The molecule has 0 fully saturated rings. The summed E-state index contributed by atoms with van der Waals surface area (Å²) < 4.78 is 0. The maximum absolute atomic E-state index is 10.6. The van der Waals surface area contributed by atoms with E-state index in [1.807, 2.05) is 16.8 Å². The molecule has 3 nitrogen and oxygen atoms in total. The Morgan fingerprint density at radius 3 is 2.92 bits per heavy atom. The summed E-state index contributed by atoms with van der Waals surface area (Å²) in [5, 5.41) is 13.3. The Kier molecular flexibility index (Phi) is 2.12. The van der Waals surface area contributed by atoms with Crippen LogP contribution in [0.1, 0.15) is 9.67 Å². The molecule has 0 atom stereocenters. The minimum absolute atomic E-state index is 0.279. The molecule has 2 aromatic heterocycles. The van der Waals surface area contributed by atoms with Gasteiger partial charge in [-0.05, 0) is 11.4 Å². The second kappa shape index (κ2) is 3.27. The number of carboxylic acids is 1. The highest BCUT2D eigenvalue weighted by atomic mass is 32.1. The monoisotopic (exact) mass is 211 g/mol. The van der Waals surface area contributed by atoms with Gasteiger partial charge in [-0.15, -0.1) is 11.3 Å². The summed E-state index contributed by atoms with van der Waals surface area (Å²) in [6.07, 6.45) is 1.39. The Morgan fingerprint density at radius 2 is 2.38 bits per heavy atom. The molecule has 0 aliphatic carbocycles. The first kappa shape index (κ1) is 8.40. The van der Waals surface area contributed by atoms with E-state index in [4.69, 9.17) is 5.11 Å². The van der Waals surface area contributed by atoms with E-state index in [9.17, 15) is 4.79 Å². The van der Waals surface area contributed by atoms with Crippen molar-refractivity contribution in [3.8, 4) is 10.6 Å². The van der Waals surface area contributed by atoms with E-state index in [2.05, 4.69) is 4.98 Å². The zero-order valence-electron chi connectivity index (χ0n) is 6.43. The quantitative estimate of drug-likeness (QED) is 0.830. The van der Waals surface area contributed by atoms with Crippen LogP contribution in [0.4, 0.5) is 0 Å². The van der Waals surface area contributed by atoms with Crippen LogP contribution in [-0.2, 0) is 0 Å². The molecule has 2 heterocycles. The lowest BCUT2D eigenvalue weighted by Gasteiger charge is -1.85. The van der Waals surface area contributed by atoms with Gasteiger partial charge in [-0.3, -0.25) is 0 Å². The summed E-state index contributed by atoms with van der Waals surface area (Å²) in [4.78, 5) is 14.9. The van der Waals surface area contributed by atoms with E-state index in [0.717, 1.165) is 10.6 Å². The van der Waals surface area contributed by atoms with E-state index in [0.29, 0.717) is 0 Å². The molecule has 0 saturated heterocycles. The second-order valence-corrected chi connectivity index (χ2v) is 4.16. The smallest absolute Gasteiger partial charge is 0.347 e. The fourth-order valence-electron chi connectivity index (χ4n) is 0.893. The molecular weight excluding hydrogens is 206 g/mol. The van der Waals surface area contributed by atoms with Crippen LogP contribution in [0.3, 0.4) is 0 Å². The Labute approximate surface area is 82.3 Å². The first-order chi connectivity index (χ1) is 6.27. The molecule has 0 bridgehead atoms. The van der Waals surface area contributed by atoms with E-state index in [1.165, 1.54) is 17.5 Å². The van der Waals surface area contributed by atoms with Crippen LogP contribution in [0.15, 0.2) is 23.0 Å². The largest absolute Gasteiger partial charge is 0.477 e. The van der Waals surface area contributed by atoms with E-state index in [-0.39, 0.29) is 4.88 Å². The fraction of sp³-hybridized carbons (Fsp3) is 0. The first-order valence-corrected chi connectivity index (χ1v) is 5.25. The van der Waals surface area contributed by atoms with E-state index >= 15 is 0 Å². The van der Waals surface area contributed by atoms with Crippen LogP contribution < -0.4 is 0 Å². The number of carboxylic acid groups (broad SMARTS) is 1. The number of aromatic nitrogens is 1. The Balaban J connectivity index is 2.39. The number of nitrogens with zero attached hydrogens (tertiary/aromatic N) is 1. The summed E-state index contributed by atoms with van der Waals surface area (Å²) in [6, 6.07) is 1.93. The van der Waals surface area contributed by atoms with Gasteiger partial charge in [0.05, 0.1) is 6.20 Å². The normalized spacial score (nSPS) is 10.2. The molecule has 0 aliphatic rings.